The summed E-state index contributed by atoms with van der Waals surface area (Å²) in [4.78, 5) is 4.77. The van der Waals surface area contributed by atoms with Gasteiger partial charge in [-0.2, -0.15) is 0 Å². The molecular formula is C14H21N3. The highest BCUT2D eigenvalue weighted by Crippen LogP contribution is 2.22. The van der Waals surface area contributed by atoms with Gasteiger partial charge in [0.15, 0.2) is 0 Å². The SMILES string of the molecule is c1cc2c(nc1CC1CCCNC1)NCCC2. The molecule has 17 heavy (non-hydrogen) atoms. The third kappa shape index (κ3) is 2.60. The Labute approximate surface area is 103 Å². The molecule has 3 heteroatoms. The van der Waals surface area contributed by atoms with Crippen molar-refractivity contribution in [1.82, 2.24) is 10.3 Å². The molecule has 1 unspecified atom stereocenters. The number of pyridine rings is 1. The Morgan fingerprint density at radius 1 is 1.24 bits per heavy atom. The van der Waals surface area contributed by atoms with Gasteiger partial charge in [-0.25, -0.2) is 4.98 Å². The fourth-order valence-corrected chi connectivity index (χ4v) is 2.88. The fraction of sp³-hybridized carbons (Fsp3) is 0.643. The molecule has 3 heterocycles. The van der Waals surface area contributed by atoms with Gasteiger partial charge in [0.1, 0.15) is 5.82 Å². The summed E-state index contributed by atoms with van der Waals surface area (Å²) < 4.78 is 0. The summed E-state index contributed by atoms with van der Waals surface area (Å²) >= 11 is 0. The Balaban J connectivity index is 1.70. The average molecular weight is 231 g/mol. The molecule has 1 fully saturated rings. The van der Waals surface area contributed by atoms with Crippen LogP contribution in [-0.2, 0) is 12.8 Å². The van der Waals surface area contributed by atoms with Crippen molar-refractivity contribution in [2.24, 2.45) is 5.92 Å². The standard InChI is InChI=1S/C14H21N3/c1-3-11(10-15-7-1)9-13-6-5-12-4-2-8-16-14(12)17-13/h5-6,11,15H,1-4,7-10H2,(H,16,17). The molecule has 2 N–H and O–H groups in total. The zero-order valence-electron chi connectivity index (χ0n) is 10.3. The Hall–Kier alpha value is -1.09. The second-order valence-corrected chi connectivity index (χ2v) is 5.26. The van der Waals surface area contributed by atoms with E-state index in [9.17, 15) is 0 Å². The first-order valence-electron chi connectivity index (χ1n) is 6.85. The molecule has 0 saturated carbocycles. The van der Waals surface area contributed by atoms with E-state index in [4.69, 9.17) is 4.98 Å². The van der Waals surface area contributed by atoms with Crippen LogP contribution in [0, 0.1) is 5.92 Å². The first kappa shape index (κ1) is 11.0. The van der Waals surface area contributed by atoms with Crippen LogP contribution in [0.25, 0.3) is 0 Å². The first-order chi connectivity index (χ1) is 8.42. The first-order valence-corrected chi connectivity index (χ1v) is 6.85. The van der Waals surface area contributed by atoms with Crippen LogP contribution in [0.3, 0.4) is 0 Å². The maximum absolute atomic E-state index is 4.77. The largest absolute Gasteiger partial charge is 0.370 e. The van der Waals surface area contributed by atoms with Crippen molar-refractivity contribution in [3.05, 3.63) is 23.4 Å². The van der Waals surface area contributed by atoms with E-state index in [2.05, 4.69) is 22.8 Å². The van der Waals surface area contributed by atoms with Crippen molar-refractivity contribution in [2.75, 3.05) is 25.0 Å². The lowest BCUT2D eigenvalue weighted by molar-refractivity contribution is 0.373. The molecule has 1 aromatic heterocycles. The molecule has 92 valence electrons. The van der Waals surface area contributed by atoms with E-state index in [-0.39, 0.29) is 0 Å². The normalized spacial score (nSPS) is 23.9. The van der Waals surface area contributed by atoms with Gasteiger partial charge in [-0.05, 0) is 62.7 Å². The predicted octanol–water partition coefficient (Wildman–Crippen LogP) is 1.98. The molecule has 0 spiro atoms. The van der Waals surface area contributed by atoms with Gasteiger partial charge in [0.25, 0.3) is 0 Å². The van der Waals surface area contributed by atoms with Crippen LogP contribution >= 0.6 is 0 Å². The number of piperidine rings is 1. The Morgan fingerprint density at radius 3 is 3.12 bits per heavy atom. The minimum Gasteiger partial charge on any atom is -0.370 e. The number of hydrogen-bond acceptors (Lipinski definition) is 3. The molecule has 1 atom stereocenters. The van der Waals surface area contributed by atoms with Gasteiger partial charge in [-0.3, -0.25) is 0 Å². The summed E-state index contributed by atoms with van der Waals surface area (Å²) in [5.41, 5.74) is 2.65. The lowest BCUT2D eigenvalue weighted by atomic mass is 9.94. The van der Waals surface area contributed by atoms with Gasteiger partial charge in [-0.15, -0.1) is 0 Å². The van der Waals surface area contributed by atoms with Crippen LogP contribution in [0.4, 0.5) is 5.82 Å². The van der Waals surface area contributed by atoms with E-state index in [1.54, 1.807) is 0 Å². The predicted molar refractivity (Wildman–Crippen MR) is 70.3 cm³/mol. The highest BCUT2D eigenvalue weighted by molar-refractivity contribution is 5.47. The van der Waals surface area contributed by atoms with Gasteiger partial charge < -0.3 is 10.6 Å². The number of fused-ring (bicyclic) bond motifs is 1. The average Bonchev–Trinajstić information content (AvgIpc) is 2.40. The third-order valence-electron chi connectivity index (χ3n) is 3.85. The molecule has 0 amide bonds. The second kappa shape index (κ2) is 5.05. The van der Waals surface area contributed by atoms with Crippen molar-refractivity contribution in [1.29, 1.82) is 0 Å². The molecule has 3 rings (SSSR count). The number of aryl methyl sites for hydroxylation is 1. The van der Waals surface area contributed by atoms with E-state index >= 15 is 0 Å². The van der Waals surface area contributed by atoms with Crippen molar-refractivity contribution >= 4 is 5.82 Å². The highest BCUT2D eigenvalue weighted by Gasteiger charge is 2.16. The molecule has 0 aromatic carbocycles. The monoisotopic (exact) mass is 231 g/mol. The maximum Gasteiger partial charge on any atom is 0.129 e. The van der Waals surface area contributed by atoms with Crippen LogP contribution in [0.5, 0.6) is 0 Å². The summed E-state index contributed by atoms with van der Waals surface area (Å²) in [5.74, 6) is 1.91. The topological polar surface area (TPSA) is 37.0 Å². The Bertz CT molecular complexity index is 383. The summed E-state index contributed by atoms with van der Waals surface area (Å²) in [6.45, 7) is 3.43. The third-order valence-corrected chi connectivity index (χ3v) is 3.85. The zero-order chi connectivity index (χ0) is 11.5. The smallest absolute Gasteiger partial charge is 0.129 e. The fourth-order valence-electron chi connectivity index (χ4n) is 2.88. The molecule has 2 aliphatic rings. The zero-order valence-corrected chi connectivity index (χ0v) is 10.3. The summed E-state index contributed by atoms with van der Waals surface area (Å²) in [5, 5.41) is 6.89. The summed E-state index contributed by atoms with van der Waals surface area (Å²) in [7, 11) is 0. The van der Waals surface area contributed by atoms with Crippen LogP contribution in [0.1, 0.15) is 30.5 Å². The lowest BCUT2D eigenvalue weighted by Gasteiger charge is -2.23. The number of anilines is 1. The molecule has 1 aromatic rings. The molecular weight excluding hydrogens is 210 g/mol. The van der Waals surface area contributed by atoms with E-state index in [0.717, 1.165) is 31.2 Å². The quantitative estimate of drug-likeness (QED) is 0.817. The second-order valence-electron chi connectivity index (χ2n) is 5.26. The van der Waals surface area contributed by atoms with Crippen LogP contribution in [-0.4, -0.2) is 24.6 Å². The maximum atomic E-state index is 4.77. The van der Waals surface area contributed by atoms with Crippen LogP contribution in [0.2, 0.25) is 0 Å². The number of rotatable bonds is 2. The molecule has 0 radical (unpaired) electrons. The van der Waals surface area contributed by atoms with Gasteiger partial charge in [-0.1, -0.05) is 6.07 Å². The van der Waals surface area contributed by atoms with Gasteiger partial charge in [0, 0.05) is 12.2 Å². The van der Waals surface area contributed by atoms with Crippen molar-refractivity contribution < 1.29 is 0 Å². The van der Waals surface area contributed by atoms with Gasteiger partial charge >= 0.3 is 0 Å². The van der Waals surface area contributed by atoms with Crippen LogP contribution in [0.15, 0.2) is 12.1 Å². The number of aromatic nitrogens is 1. The highest BCUT2D eigenvalue weighted by atomic mass is 15.0. The minimum atomic E-state index is 0.776. The van der Waals surface area contributed by atoms with Crippen molar-refractivity contribution in [3.8, 4) is 0 Å². The van der Waals surface area contributed by atoms with Crippen LogP contribution < -0.4 is 10.6 Å². The van der Waals surface area contributed by atoms with E-state index in [0.29, 0.717) is 0 Å². The molecule has 1 saturated heterocycles. The summed E-state index contributed by atoms with van der Waals surface area (Å²) in [6, 6.07) is 4.49. The molecule has 2 aliphatic heterocycles. The minimum absolute atomic E-state index is 0.776. The number of nitrogens with one attached hydrogen (secondary N) is 2. The van der Waals surface area contributed by atoms with Gasteiger partial charge in [0.05, 0.1) is 0 Å². The number of nitrogens with zero attached hydrogens (tertiary/aromatic N) is 1. The lowest BCUT2D eigenvalue weighted by Crippen LogP contribution is -2.31. The van der Waals surface area contributed by atoms with E-state index < -0.39 is 0 Å². The molecule has 3 nitrogen and oxygen atoms in total. The van der Waals surface area contributed by atoms with Crippen molar-refractivity contribution in [2.45, 2.75) is 32.1 Å². The molecule has 0 bridgehead atoms. The van der Waals surface area contributed by atoms with Gasteiger partial charge in [0.2, 0.25) is 0 Å². The summed E-state index contributed by atoms with van der Waals surface area (Å²) in [6.07, 6.45) is 6.20. The Kier molecular flexibility index (Phi) is 3.27. The molecule has 0 aliphatic carbocycles. The number of hydrogen-bond donors (Lipinski definition) is 2. The van der Waals surface area contributed by atoms with E-state index in [1.165, 1.54) is 43.5 Å². The van der Waals surface area contributed by atoms with E-state index in [1.807, 2.05) is 0 Å². The van der Waals surface area contributed by atoms with Crippen molar-refractivity contribution in [3.63, 3.8) is 0 Å². The Morgan fingerprint density at radius 2 is 2.24 bits per heavy atom.